The van der Waals surface area contributed by atoms with Crippen LogP contribution in [0.25, 0.3) is 0 Å². The zero-order valence-corrected chi connectivity index (χ0v) is 17.8. The summed E-state index contributed by atoms with van der Waals surface area (Å²) in [7, 11) is 2.97. The second-order valence-electron chi connectivity index (χ2n) is 6.67. The number of hydrogen-bond acceptors (Lipinski definition) is 5. The second kappa shape index (κ2) is 10.5. The van der Waals surface area contributed by atoms with E-state index in [1.807, 2.05) is 12.2 Å². The predicted octanol–water partition coefficient (Wildman–Crippen LogP) is 4.58. The first-order valence-electron chi connectivity index (χ1n) is 9.39. The number of benzene rings is 1. The largest absolute Gasteiger partial charge is 0.493 e. The Bertz CT molecular complexity index is 879. The molecule has 5 nitrogen and oxygen atoms in total. The lowest BCUT2D eigenvalue weighted by Gasteiger charge is -2.18. The monoisotopic (exact) mass is 443 g/mol. The van der Waals surface area contributed by atoms with Crippen LogP contribution in [-0.4, -0.2) is 38.1 Å². The number of Topliss-reactive ketones (excluding diaryl/α,β-unsaturated/α-hetero) is 1. The second-order valence-corrected chi connectivity index (χ2v) is 7.66. The summed E-state index contributed by atoms with van der Waals surface area (Å²) in [5.41, 5.74) is 1.05. The van der Waals surface area contributed by atoms with E-state index < -0.39 is 23.9 Å². The summed E-state index contributed by atoms with van der Waals surface area (Å²) >= 11 is 1.38. The van der Waals surface area contributed by atoms with Gasteiger partial charge in [0.05, 0.1) is 20.3 Å². The SMILES string of the molecule is CCCc1cc(C(=O)[C@@H](CCc2ccc(OC)c(OC)c2)NC(=O)C(F)(F)F)cs1. The molecule has 30 heavy (non-hydrogen) atoms. The minimum atomic E-state index is -5.07. The molecule has 2 rings (SSSR count). The quantitative estimate of drug-likeness (QED) is 0.546. The van der Waals surface area contributed by atoms with Gasteiger partial charge in [0.1, 0.15) is 0 Å². The van der Waals surface area contributed by atoms with Gasteiger partial charge in [0, 0.05) is 15.8 Å². The molecular weight excluding hydrogens is 419 g/mol. The average molecular weight is 443 g/mol. The van der Waals surface area contributed by atoms with Gasteiger partial charge in [-0.2, -0.15) is 13.2 Å². The van der Waals surface area contributed by atoms with Gasteiger partial charge in [-0.05, 0) is 43.0 Å². The molecule has 1 heterocycles. The number of ketones is 1. The molecule has 0 aliphatic rings. The molecule has 0 radical (unpaired) electrons. The van der Waals surface area contributed by atoms with E-state index in [2.05, 4.69) is 0 Å². The molecule has 1 amide bonds. The van der Waals surface area contributed by atoms with E-state index in [1.54, 1.807) is 29.6 Å². The number of ether oxygens (including phenoxy) is 2. The van der Waals surface area contributed by atoms with E-state index in [0.29, 0.717) is 17.1 Å². The first kappa shape index (κ1) is 23.7. The minimum Gasteiger partial charge on any atom is -0.493 e. The van der Waals surface area contributed by atoms with Crippen LogP contribution < -0.4 is 14.8 Å². The standard InChI is InChI=1S/C21H24F3NO4S/c1-4-5-15-11-14(12-30-15)19(26)16(25-20(27)21(22,23)24)8-6-13-7-9-17(28-2)18(10-13)29-3/h7,9-12,16H,4-6,8H2,1-3H3,(H,25,27)/t16-/m1/s1. The number of thiophene rings is 1. The third-order valence-electron chi connectivity index (χ3n) is 4.48. The molecule has 2 aromatic rings. The Kier molecular flexibility index (Phi) is 8.28. The van der Waals surface area contributed by atoms with E-state index in [-0.39, 0.29) is 12.8 Å². The molecule has 0 aliphatic heterocycles. The number of alkyl halides is 3. The van der Waals surface area contributed by atoms with Crippen molar-refractivity contribution in [1.29, 1.82) is 0 Å². The molecule has 0 unspecified atom stereocenters. The van der Waals surface area contributed by atoms with Crippen LogP contribution in [0.2, 0.25) is 0 Å². The van der Waals surface area contributed by atoms with Crippen LogP contribution in [0.1, 0.15) is 40.6 Å². The van der Waals surface area contributed by atoms with Gasteiger partial charge in [-0.1, -0.05) is 19.4 Å². The fourth-order valence-electron chi connectivity index (χ4n) is 2.94. The lowest BCUT2D eigenvalue weighted by Crippen LogP contribution is -2.47. The number of halogens is 3. The highest BCUT2D eigenvalue weighted by Gasteiger charge is 2.40. The Hall–Kier alpha value is -2.55. The third kappa shape index (κ3) is 6.22. The molecule has 0 saturated carbocycles. The fraction of sp³-hybridized carbons (Fsp3) is 0.429. The van der Waals surface area contributed by atoms with E-state index in [1.165, 1.54) is 25.6 Å². The highest BCUT2D eigenvalue weighted by atomic mass is 32.1. The molecule has 1 aromatic heterocycles. The lowest BCUT2D eigenvalue weighted by molar-refractivity contribution is -0.174. The smallest absolute Gasteiger partial charge is 0.471 e. The Labute approximate surface area is 177 Å². The molecule has 164 valence electrons. The summed E-state index contributed by atoms with van der Waals surface area (Å²) in [5.74, 6) is -1.68. The van der Waals surface area contributed by atoms with Gasteiger partial charge < -0.3 is 14.8 Å². The molecule has 1 aromatic carbocycles. The molecule has 1 atom stereocenters. The van der Waals surface area contributed by atoms with Crippen molar-refractivity contribution in [3.8, 4) is 11.5 Å². The maximum absolute atomic E-state index is 12.8. The van der Waals surface area contributed by atoms with Crippen LogP contribution in [0.3, 0.4) is 0 Å². The molecular formula is C21H24F3NO4S. The molecule has 9 heteroatoms. The minimum absolute atomic E-state index is 0.00902. The van der Waals surface area contributed by atoms with Crippen LogP contribution >= 0.6 is 11.3 Å². The van der Waals surface area contributed by atoms with Crippen LogP contribution in [0.4, 0.5) is 13.2 Å². The van der Waals surface area contributed by atoms with Gasteiger partial charge in [-0.15, -0.1) is 11.3 Å². The molecule has 0 spiro atoms. The van der Waals surface area contributed by atoms with Crippen molar-refractivity contribution in [2.45, 2.75) is 44.8 Å². The average Bonchev–Trinajstić information content (AvgIpc) is 3.18. The predicted molar refractivity (Wildman–Crippen MR) is 108 cm³/mol. The van der Waals surface area contributed by atoms with Crippen molar-refractivity contribution in [3.05, 3.63) is 45.6 Å². The van der Waals surface area contributed by atoms with E-state index in [4.69, 9.17) is 9.47 Å². The highest BCUT2D eigenvalue weighted by molar-refractivity contribution is 7.10. The lowest BCUT2D eigenvalue weighted by atomic mass is 9.98. The Morgan fingerprint density at radius 3 is 2.40 bits per heavy atom. The highest BCUT2D eigenvalue weighted by Crippen LogP contribution is 2.28. The van der Waals surface area contributed by atoms with Gasteiger partial charge in [-0.3, -0.25) is 9.59 Å². The molecule has 0 saturated heterocycles. The fourth-order valence-corrected chi connectivity index (χ4v) is 3.92. The van der Waals surface area contributed by atoms with Gasteiger partial charge >= 0.3 is 12.1 Å². The van der Waals surface area contributed by atoms with E-state index in [0.717, 1.165) is 23.3 Å². The summed E-state index contributed by atoms with van der Waals surface area (Å²) in [6, 6.07) is 5.49. The number of methoxy groups -OCH3 is 2. The van der Waals surface area contributed by atoms with Crippen molar-refractivity contribution < 1.29 is 32.2 Å². The number of carbonyl (C=O) groups is 2. The number of nitrogens with one attached hydrogen (secondary N) is 1. The van der Waals surface area contributed by atoms with Crippen molar-refractivity contribution in [2.24, 2.45) is 0 Å². The van der Waals surface area contributed by atoms with E-state index >= 15 is 0 Å². The van der Waals surface area contributed by atoms with Crippen molar-refractivity contribution in [1.82, 2.24) is 5.32 Å². The van der Waals surface area contributed by atoms with Gasteiger partial charge in [0.15, 0.2) is 17.3 Å². The normalized spacial score (nSPS) is 12.3. The summed E-state index contributed by atoms with van der Waals surface area (Å²) in [4.78, 5) is 25.3. The summed E-state index contributed by atoms with van der Waals surface area (Å²) < 4.78 is 48.7. The van der Waals surface area contributed by atoms with E-state index in [9.17, 15) is 22.8 Å². The Morgan fingerprint density at radius 1 is 1.10 bits per heavy atom. The van der Waals surface area contributed by atoms with Gasteiger partial charge in [0.25, 0.3) is 0 Å². The van der Waals surface area contributed by atoms with Crippen LogP contribution in [-0.2, 0) is 17.6 Å². The van der Waals surface area contributed by atoms with Crippen LogP contribution in [0.15, 0.2) is 29.6 Å². The summed E-state index contributed by atoms with van der Waals surface area (Å²) in [6.07, 6.45) is -3.12. The van der Waals surface area contributed by atoms with Crippen LogP contribution in [0, 0.1) is 0 Å². The Morgan fingerprint density at radius 2 is 1.80 bits per heavy atom. The maximum Gasteiger partial charge on any atom is 0.471 e. The number of hydrogen-bond donors (Lipinski definition) is 1. The first-order chi connectivity index (χ1) is 14.2. The summed E-state index contributed by atoms with van der Waals surface area (Å²) in [5, 5.41) is 3.47. The molecule has 0 aliphatic carbocycles. The molecule has 0 fully saturated rings. The number of aryl methyl sites for hydroxylation is 2. The van der Waals surface area contributed by atoms with Crippen molar-refractivity contribution in [2.75, 3.05) is 14.2 Å². The van der Waals surface area contributed by atoms with Crippen molar-refractivity contribution >= 4 is 23.0 Å². The maximum atomic E-state index is 12.8. The first-order valence-corrected chi connectivity index (χ1v) is 10.3. The zero-order chi connectivity index (χ0) is 22.3. The zero-order valence-electron chi connectivity index (χ0n) is 17.0. The molecule has 0 bridgehead atoms. The number of rotatable bonds is 10. The van der Waals surface area contributed by atoms with Gasteiger partial charge in [0.2, 0.25) is 0 Å². The third-order valence-corrected chi connectivity index (χ3v) is 5.48. The van der Waals surface area contributed by atoms with Gasteiger partial charge in [-0.25, -0.2) is 0 Å². The van der Waals surface area contributed by atoms with Crippen molar-refractivity contribution in [3.63, 3.8) is 0 Å². The number of amides is 1. The topological polar surface area (TPSA) is 64.6 Å². The molecule has 1 N–H and O–H groups in total. The Balaban J connectivity index is 2.20. The number of carbonyl (C=O) groups excluding carboxylic acids is 2. The van der Waals surface area contributed by atoms with Crippen LogP contribution in [0.5, 0.6) is 11.5 Å². The summed E-state index contributed by atoms with van der Waals surface area (Å²) in [6.45, 7) is 2.00.